The molecule has 0 aliphatic carbocycles. The molecule has 33 heavy (non-hydrogen) atoms. The summed E-state index contributed by atoms with van der Waals surface area (Å²) in [6, 6.07) is 5.64. The molecular formula is C25H37N5O3. The van der Waals surface area contributed by atoms with Gasteiger partial charge < -0.3 is 10.2 Å². The van der Waals surface area contributed by atoms with Gasteiger partial charge in [-0.25, -0.2) is 0 Å². The van der Waals surface area contributed by atoms with Gasteiger partial charge >= 0.3 is 0 Å². The number of nitrogens with one attached hydrogen (secondary N) is 2. The first kappa shape index (κ1) is 24.9. The molecule has 2 heterocycles. The highest BCUT2D eigenvalue weighted by atomic mass is 16.2. The predicted octanol–water partition coefficient (Wildman–Crippen LogP) is 3.71. The number of imide groups is 1. The number of hydrogen-bond donors (Lipinski definition) is 2. The number of aryl methyl sites for hydroxylation is 1. The molecule has 1 unspecified atom stereocenters. The van der Waals surface area contributed by atoms with Crippen LogP contribution in [0.4, 0.5) is 5.69 Å². The van der Waals surface area contributed by atoms with Crippen molar-refractivity contribution in [3.63, 3.8) is 0 Å². The number of amides is 3. The molecule has 2 aromatic rings. The first-order valence-corrected chi connectivity index (χ1v) is 12.3. The lowest BCUT2D eigenvalue weighted by Gasteiger charge is -2.19. The van der Waals surface area contributed by atoms with Crippen LogP contribution in [-0.4, -0.2) is 52.0 Å². The Balaban J connectivity index is 1.53. The van der Waals surface area contributed by atoms with E-state index in [-0.39, 0.29) is 17.7 Å². The van der Waals surface area contributed by atoms with Gasteiger partial charge in [0.1, 0.15) is 0 Å². The Labute approximate surface area is 196 Å². The maximum absolute atomic E-state index is 12.6. The van der Waals surface area contributed by atoms with E-state index in [1.807, 2.05) is 25.2 Å². The Morgan fingerprint density at radius 3 is 2.61 bits per heavy atom. The number of carbonyl (C=O) groups is 3. The van der Waals surface area contributed by atoms with Crippen LogP contribution in [0.5, 0.6) is 0 Å². The Morgan fingerprint density at radius 2 is 1.88 bits per heavy atom. The van der Waals surface area contributed by atoms with Crippen LogP contribution in [0.25, 0.3) is 10.9 Å². The van der Waals surface area contributed by atoms with Crippen molar-refractivity contribution in [2.24, 2.45) is 7.05 Å². The second-order valence-corrected chi connectivity index (χ2v) is 8.81. The molecule has 1 saturated heterocycles. The van der Waals surface area contributed by atoms with Crippen LogP contribution in [0.15, 0.2) is 18.2 Å². The average Bonchev–Trinajstić information content (AvgIpc) is 3.13. The lowest BCUT2D eigenvalue weighted by Crippen LogP contribution is -2.39. The largest absolute Gasteiger partial charge is 0.324 e. The molecule has 8 heteroatoms. The maximum atomic E-state index is 12.6. The van der Waals surface area contributed by atoms with Crippen LogP contribution in [0.2, 0.25) is 0 Å². The Morgan fingerprint density at radius 1 is 1.15 bits per heavy atom. The highest BCUT2D eigenvalue weighted by molar-refractivity contribution is 6.05. The molecule has 3 amide bonds. The fourth-order valence-corrected chi connectivity index (χ4v) is 4.58. The molecule has 8 nitrogen and oxygen atoms in total. The van der Waals surface area contributed by atoms with Crippen molar-refractivity contribution in [2.75, 3.05) is 25.0 Å². The molecule has 3 rings (SSSR count). The summed E-state index contributed by atoms with van der Waals surface area (Å²) in [5.41, 5.74) is 2.14. The number of piperidine rings is 1. The summed E-state index contributed by atoms with van der Waals surface area (Å²) in [4.78, 5) is 38.9. The number of unbranched alkanes of at least 4 members (excludes halogenated alkanes) is 4. The number of nitrogens with zero attached hydrogens (tertiary/aromatic N) is 3. The third-order valence-electron chi connectivity index (χ3n) is 6.51. The molecule has 180 valence electrons. The first-order valence-electron chi connectivity index (χ1n) is 12.3. The summed E-state index contributed by atoms with van der Waals surface area (Å²) < 4.78 is 1.71. The number of aromatic nitrogens is 2. The van der Waals surface area contributed by atoms with E-state index in [1.54, 1.807) is 4.68 Å². The summed E-state index contributed by atoms with van der Waals surface area (Å²) in [5, 5.41) is 10.8. The van der Waals surface area contributed by atoms with Crippen LogP contribution in [0.1, 0.15) is 76.8 Å². The molecule has 0 radical (unpaired) electrons. The van der Waals surface area contributed by atoms with Crippen molar-refractivity contribution in [2.45, 2.75) is 71.1 Å². The smallest absolute Gasteiger partial charge is 0.235 e. The lowest BCUT2D eigenvalue weighted by molar-refractivity contribution is -0.134. The van der Waals surface area contributed by atoms with Gasteiger partial charge in [0, 0.05) is 25.3 Å². The molecule has 1 aliphatic rings. The number of para-hydroxylation sites is 1. The second kappa shape index (κ2) is 11.9. The third kappa shape index (κ3) is 6.41. The minimum Gasteiger partial charge on any atom is -0.324 e. The maximum Gasteiger partial charge on any atom is 0.235 e. The van der Waals surface area contributed by atoms with Gasteiger partial charge in [-0.3, -0.25) is 24.4 Å². The van der Waals surface area contributed by atoms with E-state index in [1.165, 1.54) is 12.8 Å². The summed E-state index contributed by atoms with van der Waals surface area (Å²) in [6.45, 7) is 7.76. The molecule has 0 saturated carbocycles. The van der Waals surface area contributed by atoms with Gasteiger partial charge in [0.25, 0.3) is 0 Å². The predicted molar refractivity (Wildman–Crippen MR) is 130 cm³/mol. The van der Waals surface area contributed by atoms with Crippen molar-refractivity contribution in [3.05, 3.63) is 23.9 Å². The van der Waals surface area contributed by atoms with E-state index in [0.29, 0.717) is 30.6 Å². The molecule has 1 atom stereocenters. The molecule has 1 aliphatic heterocycles. The molecular weight excluding hydrogens is 418 g/mol. The minimum absolute atomic E-state index is 0.00519. The zero-order chi connectivity index (χ0) is 23.8. The second-order valence-electron chi connectivity index (χ2n) is 8.81. The topological polar surface area (TPSA) is 96.3 Å². The van der Waals surface area contributed by atoms with E-state index in [9.17, 15) is 14.4 Å². The van der Waals surface area contributed by atoms with Crippen LogP contribution < -0.4 is 10.6 Å². The molecule has 0 spiro atoms. The fraction of sp³-hybridized carbons (Fsp3) is 0.600. The lowest BCUT2D eigenvalue weighted by atomic mass is 9.92. The Bertz CT molecular complexity index is 980. The number of anilines is 1. The zero-order valence-corrected chi connectivity index (χ0v) is 20.2. The number of benzene rings is 1. The van der Waals surface area contributed by atoms with E-state index in [2.05, 4.69) is 34.5 Å². The SMILES string of the molecule is CCN(CC)CCCCCCCC(=O)Nc1cccc2c(C3CCC(=O)NC3=O)nn(C)c12. The molecule has 1 aromatic heterocycles. The fourth-order valence-electron chi connectivity index (χ4n) is 4.58. The quantitative estimate of drug-likeness (QED) is 0.376. The van der Waals surface area contributed by atoms with Crippen LogP contribution in [0, 0.1) is 0 Å². The summed E-state index contributed by atoms with van der Waals surface area (Å²) in [7, 11) is 1.81. The third-order valence-corrected chi connectivity index (χ3v) is 6.51. The van der Waals surface area contributed by atoms with Gasteiger partial charge in [-0.1, -0.05) is 45.2 Å². The van der Waals surface area contributed by atoms with Gasteiger partial charge in [-0.05, 0) is 45.0 Å². The number of fused-ring (bicyclic) bond motifs is 1. The van der Waals surface area contributed by atoms with Crippen LogP contribution in [-0.2, 0) is 21.4 Å². The van der Waals surface area contributed by atoms with Crippen LogP contribution in [0.3, 0.4) is 0 Å². The van der Waals surface area contributed by atoms with Crippen molar-refractivity contribution in [1.82, 2.24) is 20.0 Å². The molecule has 2 N–H and O–H groups in total. The van der Waals surface area contributed by atoms with Crippen molar-refractivity contribution >= 4 is 34.3 Å². The monoisotopic (exact) mass is 455 g/mol. The number of rotatable bonds is 12. The molecule has 0 bridgehead atoms. The Kier molecular flexibility index (Phi) is 9.00. The van der Waals surface area contributed by atoms with Gasteiger partial charge in [-0.15, -0.1) is 0 Å². The normalized spacial score (nSPS) is 16.4. The summed E-state index contributed by atoms with van der Waals surface area (Å²) in [5.74, 6) is -1.01. The summed E-state index contributed by atoms with van der Waals surface area (Å²) >= 11 is 0. The van der Waals surface area contributed by atoms with Crippen molar-refractivity contribution in [1.29, 1.82) is 0 Å². The van der Waals surface area contributed by atoms with Gasteiger partial charge in [0.05, 0.1) is 22.8 Å². The van der Waals surface area contributed by atoms with Gasteiger partial charge in [-0.2, -0.15) is 5.10 Å². The van der Waals surface area contributed by atoms with Crippen LogP contribution >= 0.6 is 0 Å². The number of carbonyl (C=O) groups excluding carboxylic acids is 3. The Hall–Kier alpha value is -2.74. The standard InChI is InChI=1S/C25H37N5O3/c1-4-30(5-2)17-10-8-6-7-9-14-21(31)26-20-13-11-12-18-23(28-29(3)24(18)20)19-15-16-22(32)27-25(19)33/h11-13,19H,4-10,14-17H2,1-3H3,(H,26,31)(H,27,32,33). The molecule has 1 fully saturated rings. The number of hydrogen-bond acceptors (Lipinski definition) is 5. The first-order chi connectivity index (χ1) is 15.9. The van der Waals surface area contributed by atoms with E-state index in [4.69, 9.17) is 0 Å². The van der Waals surface area contributed by atoms with Gasteiger partial charge in [0.15, 0.2) is 0 Å². The zero-order valence-electron chi connectivity index (χ0n) is 20.2. The van der Waals surface area contributed by atoms with E-state index in [0.717, 1.165) is 49.8 Å². The van der Waals surface area contributed by atoms with E-state index < -0.39 is 5.92 Å². The average molecular weight is 456 g/mol. The van der Waals surface area contributed by atoms with Crippen molar-refractivity contribution < 1.29 is 14.4 Å². The van der Waals surface area contributed by atoms with E-state index >= 15 is 0 Å². The van der Waals surface area contributed by atoms with Gasteiger partial charge in [0.2, 0.25) is 17.7 Å². The highest BCUT2D eigenvalue weighted by Gasteiger charge is 2.32. The molecule has 1 aromatic carbocycles. The highest BCUT2D eigenvalue weighted by Crippen LogP contribution is 2.33. The van der Waals surface area contributed by atoms with Crippen molar-refractivity contribution in [3.8, 4) is 0 Å². The summed E-state index contributed by atoms with van der Waals surface area (Å²) in [6.07, 6.45) is 6.75. The minimum atomic E-state index is -0.459.